The molecule has 5 N–H and O–H groups in total. The first kappa shape index (κ1) is 24.4. The fourth-order valence-electron chi connectivity index (χ4n) is 3.21. The summed E-state index contributed by atoms with van der Waals surface area (Å²) in [7, 11) is -1.76. The molecule has 1 aliphatic heterocycles. The molecule has 4 atom stereocenters. The monoisotopic (exact) mass is 487 g/mol. The van der Waals surface area contributed by atoms with Crippen molar-refractivity contribution < 1.29 is 42.4 Å². The van der Waals surface area contributed by atoms with Crippen molar-refractivity contribution in [2.24, 2.45) is 5.14 Å². The van der Waals surface area contributed by atoms with E-state index in [-0.39, 0.29) is 17.1 Å². The van der Waals surface area contributed by atoms with Crippen molar-refractivity contribution in [1.29, 1.82) is 0 Å². The molecule has 1 aromatic heterocycles. The Bertz CT molecular complexity index is 1270. The number of primary sulfonamides is 1. The first-order valence-corrected chi connectivity index (χ1v) is 10.8. The highest BCUT2D eigenvalue weighted by molar-refractivity contribution is 7.89. The first-order valence-electron chi connectivity index (χ1n) is 9.27. The molecule has 14 nitrogen and oxygen atoms in total. The Labute approximate surface area is 186 Å². The van der Waals surface area contributed by atoms with Crippen LogP contribution in [0.25, 0.3) is 0 Å². The molecule has 33 heavy (non-hydrogen) atoms. The van der Waals surface area contributed by atoms with Crippen molar-refractivity contribution >= 4 is 16.0 Å². The van der Waals surface area contributed by atoms with Gasteiger partial charge in [0.25, 0.3) is 5.56 Å². The number of ether oxygens (including phenoxy) is 4. The summed E-state index contributed by atoms with van der Waals surface area (Å²) in [5.74, 6) is -1.29. The van der Waals surface area contributed by atoms with Crippen molar-refractivity contribution in [3.63, 3.8) is 0 Å². The molecule has 2 aromatic rings. The smallest absolute Gasteiger partial charge is 0.342 e. The summed E-state index contributed by atoms with van der Waals surface area (Å²) in [5, 5.41) is 25.6. The molecule has 15 heteroatoms. The summed E-state index contributed by atoms with van der Waals surface area (Å²) in [5.41, 5.74) is -1.88. The predicted octanol–water partition coefficient (Wildman–Crippen LogP) is -2.32. The molecule has 0 amide bonds. The van der Waals surface area contributed by atoms with Crippen LogP contribution >= 0.6 is 0 Å². The van der Waals surface area contributed by atoms with Gasteiger partial charge in [-0.05, 0) is 6.07 Å². The van der Waals surface area contributed by atoms with Gasteiger partial charge in [0.15, 0.2) is 17.7 Å². The number of benzene rings is 1. The summed E-state index contributed by atoms with van der Waals surface area (Å²) in [6, 6.07) is 3.02. The normalized spacial score (nSPS) is 22.7. The van der Waals surface area contributed by atoms with Crippen molar-refractivity contribution in [3.05, 3.63) is 50.8 Å². The Balaban J connectivity index is 1.82. The fraction of sp³-hybridized carbons (Fsp3) is 0.389. The van der Waals surface area contributed by atoms with Gasteiger partial charge in [0.1, 0.15) is 30.5 Å². The molecule has 0 unspecified atom stereocenters. The number of H-pyrrole nitrogens is 1. The number of nitrogens with one attached hydrogen (secondary N) is 1. The van der Waals surface area contributed by atoms with E-state index in [2.05, 4.69) is 0 Å². The largest absolute Gasteiger partial charge is 0.493 e. The van der Waals surface area contributed by atoms with Gasteiger partial charge < -0.3 is 29.2 Å². The number of aliphatic hydroxyl groups excluding tert-OH is 2. The molecule has 0 saturated carbocycles. The van der Waals surface area contributed by atoms with E-state index in [0.717, 1.165) is 29.0 Å². The van der Waals surface area contributed by atoms with Gasteiger partial charge in [-0.3, -0.25) is 14.3 Å². The van der Waals surface area contributed by atoms with Gasteiger partial charge in [-0.15, -0.1) is 0 Å². The Morgan fingerprint density at radius 3 is 2.48 bits per heavy atom. The van der Waals surface area contributed by atoms with E-state index in [9.17, 15) is 33.0 Å². The van der Waals surface area contributed by atoms with E-state index in [0.29, 0.717) is 0 Å². The Morgan fingerprint density at radius 2 is 1.91 bits per heavy atom. The van der Waals surface area contributed by atoms with E-state index >= 15 is 0 Å². The van der Waals surface area contributed by atoms with Crippen LogP contribution in [-0.4, -0.2) is 73.3 Å². The lowest BCUT2D eigenvalue weighted by molar-refractivity contribution is -0.0599. The SMILES string of the molecule is COc1cc(S(N)(=O)=O)cc(C(=O)OC[C@H]2O[C@@H](n3ccc(=O)[nH]c3=O)[C@H](O)[C@@H]2O)c1OC. The number of aromatic amines is 1. The summed E-state index contributed by atoms with van der Waals surface area (Å²) in [4.78, 5) is 37.4. The second kappa shape index (κ2) is 9.32. The lowest BCUT2D eigenvalue weighted by Gasteiger charge is -2.17. The number of hydrogen-bond acceptors (Lipinski definition) is 11. The molecule has 0 bridgehead atoms. The quantitative estimate of drug-likeness (QED) is 0.304. The van der Waals surface area contributed by atoms with E-state index in [1.54, 1.807) is 0 Å². The number of hydrogen-bond donors (Lipinski definition) is 4. The number of carbonyl (C=O) groups is 1. The average Bonchev–Trinajstić information content (AvgIpc) is 3.04. The fourth-order valence-corrected chi connectivity index (χ4v) is 3.77. The third kappa shape index (κ3) is 4.91. The van der Waals surface area contributed by atoms with Crippen LogP contribution in [0.2, 0.25) is 0 Å². The second-order valence-electron chi connectivity index (χ2n) is 6.91. The molecular formula is C18H21N3O11S. The highest BCUT2D eigenvalue weighted by Gasteiger charge is 2.44. The standard InChI is InChI=1S/C18H21N3O11S/c1-29-10-6-8(33(19,27)28)5-9(15(10)30-2)17(25)31-7-11-13(23)14(24)16(32-11)21-4-3-12(22)20-18(21)26/h3-6,11,13-14,16,23-24H,7H2,1-2H3,(H2,19,27,28)(H,20,22,26)/t11-,13-,14-,16-/m1/s1. The van der Waals surface area contributed by atoms with Crippen LogP contribution in [0.3, 0.4) is 0 Å². The minimum atomic E-state index is -4.21. The molecular weight excluding hydrogens is 466 g/mol. The molecule has 180 valence electrons. The molecule has 0 aliphatic carbocycles. The number of esters is 1. The van der Waals surface area contributed by atoms with Crippen molar-refractivity contribution in [3.8, 4) is 11.5 Å². The van der Waals surface area contributed by atoms with Gasteiger partial charge >= 0.3 is 11.7 Å². The molecule has 1 saturated heterocycles. The predicted molar refractivity (Wildman–Crippen MR) is 108 cm³/mol. The van der Waals surface area contributed by atoms with Gasteiger partial charge in [0.05, 0.1) is 19.1 Å². The Hall–Kier alpha value is -3.24. The highest BCUT2D eigenvalue weighted by atomic mass is 32.2. The Morgan fingerprint density at radius 1 is 1.21 bits per heavy atom. The maximum absolute atomic E-state index is 12.7. The van der Waals surface area contributed by atoms with Crippen LogP contribution in [0.4, 0.5) is 0 Å². The van der Waals surface area contributed by atoms with Crippen LogP contribution in [-0.2, 0) is 19.5 Å². The van der Waals surface area contributed by atoms with Crippen LogP contribution < -0.4 is 25.9 Å². The molecule has 0 spiro atoms. The maximum atomic E-state index is 12.7. The second-order valence-corrected chi connectivity index (χ2v) is 8.47. The topological polar surface area (TPSA) is 209 Å². The van der Waals surface area contributed by atoms with Gasteiger partial charge in [-0.25, -0.2) is 23.1 Å². The van der Waals surface area contributed by atoms with Gasteiger partial charge in [0, 0.05) is 18.3 Å². The zero-order valence-electron chi connectivity index (χ0n) is 17.3. The number of carbonyl (C=O) groups excluding carboxylic acids is 1. The zero-order valence-corrected chi connectivity index (χ0v) is 18.1. The molecule has 1 aromatic carbocycles. The minimum Gasteiger partial charge on any atom is -0.493 e. The summed E-state index contributed by atoms with van der Waals surface area (Å²) >= 11 is 0. The molecule has 0 radical (unpaired) electrons. The number of methoxy groups -OCH3 is 2. The van der Waals surface area contributed by atoms with Crippen molar-refractivity contribution in [2.75, 3.05) is 20.8 Å². The van der Waals surface area contributed by atoms with Crippen LogP contribution in [0.1, 0.15) is 16.6 Å². The maximum Gasteiger partial charge on any atom is 0.342 e. The van der Waals surface area contributed by atoms with Crippen LogP contribution in [0.5, 0.6) is 11.5 Å². The van der Waals surface area contributed by atoms with Crippen molar-refractivity contribution in [1.82, 2.24) is 9.55 Å². The van der Waals surface area contributed by atoms with Crippen LogP contribution in [0.15, 0.2) is 38.9 Å². The van der Waals surface area contributed by atoms with Crippen molar-refractivity contribution in [2.45, 2.75) is 29.4 Å². The minimum absolute atomic E-state index is 0.0962. The molecule has 1 fully saturated rings. The van der Waals surface area contributed by atoms with E-state index in [4.69, 9.17) is 24.1 Å². The van der Waals surface area contributed by atoms with Gasteiger partial charge in [-0.2, -0.15) is 0 Å². The molecule has 1 aliphatic rings. The van der Waals surface area contributed by atoms with E-state index in [1.807, 2.05) is 4.98 Å². The average molecular weight is 487 g/mol. The number of aromatic nitrogens is 2. The van der Waals surface area contributed by atoms with E-state index in [1.165, 1.54) is 14.2 Å². The number of nitrogens with zero attached hydrogens (tertiary/aromatic N) is 1. The first-order chi connectivity index (χ1) is 15.5. The lowest BCUT2D eigenvalue weighted by atomic mass is 10.1. The number of aliphatic hydroxyl groups is 2. The Kier molecular flexibility index (Phi) is 6.89. The van der Waals surface area contributed by atoms with Gasteiger partial charge in [0.2, 0.25) is 10.0 Å². The van der Waals surface area contributed by atoms with Gasteiger partial charge in [-0.1, -0.05) is 0 Å². The van der Waals surface area contributed by atoms with E-state index < -0.39 is 63.3 Å². The highest BCUT2D eigenvalue weighted by Crippen LogP contribution is 2.35. The number of sulfonamides is 1. The summed E-state index contributed by atoms with van der Waals surface area (Å²) < 4.78 is 45.1. The lowest BCUT2D eigenvalue weighted by Crippen LogP contribution is -2.37. The summed E-state index contributed by atoms with van der Waals surface area (Å²) in [6.45, 7) is -0.587. The number of nitrogens with two attached hydrogens (primary N) is 1. The number of rotatable bonds is 7. The third-order valence-corrected chi connectivity index (χ3v) is 5.73. The third-order valence-electron chi connectivity index (χ3n) is 4.84. The van der Waals surface area contributed by atoms with Crippen LogP contribution in [0, 0.1) is 0 Å². The summed E-state index contributed by atoms with van der Waals surface area (Å²) in [6.07, 6.45) is -4.70. The molecule has 2 heterocycles. The molecule has 3 rings (SSSR count). The zero-order chi connectivity index (χ0) is 24.5.